The summed E-state index contributed by atoms with van der Waals surface area (Å²) in [5, 5.41) is 6.06. The Kier molecular flexibility index (Phi) is 5.32. The molecule has 0 spiro atoms. The zero-order valence-corrected chi connectivity index (χ0v) is 12.5. The highest BCUT2D eigenvalue weighted by Crippen LogP contribution is 2.11. The number of carbonyl (C=O) groups excluding carboxylic acids is 1. The van der Waals surface area contributed by atoms with Crippen molar-refractivity contribution >= 4 is 17.4 Å². The number of aromatic nitrogens is 1. The summed E-state index contributed by atoms with van der Waals surface area (Å²) in [7, 11) is 0. The first-order chi connectivity index (χ1) is 10.2. The summed E-state index contributed by atoms with van der Waals surface area (Å²) in [6, 6.07) is 11.7. The summed E-state index contributed by atoms with van der Waals surface area (Å²) in [4.78, 5) is 16.2. The third-order valence-corrected chi connectivity index (χ3v) is 3.06. The first-order valence-corrected chi connectivity index (χ1v) is 7.22. The maximum absolute atomic E-state index is 12.0. The fourth-order valence-electron chi connectivity index (χ4n) is 2.04. The van der Waals surface area contributed by atoms with Gasteiger partial charge in [-0.1, -0.05) is 36.8 Å². The van der Waals surface area contributed by atoms with Crippen LogP contribution in [0.3, 0.4) is 0 Å². The van der Waals surface area contributed by atoms with Gasteiger partial charge in [-0.3, -0.25) is 4.79 Å². The van der Waals surface area contributed by atoms with Gasteiger partial charge in [-0.25, -0.2) is 4.98 Å². The van der Waals surface area contributed by atoms with Crippen LogP contribution >= 0.6 is 0 Å². The summed E-state index contributed by atoms with van der Waals surface area (Å²) in [6.45, 7) is 5.05. The fraction of sp³-hybridized carbons (Fsp3) is 0.294. The molecular formula is C17H21N3O. The molecule has 2 rings (SSSR count). The summed E-state index contributed by atoms with van der Waals surface area (Å²) < 4.78 is 0. The molecule has 0 saturated heterocycles. The minimum Gasteiger partial charge on any atom is -0.384 e. The minimum absolute atomic E-state index is 0.0534. The Morgan fingerprint density at radius 1 is 1.24 bits per heavy atom. The van der Waals surface area contributed by atoms with Gasteiger partial charge in [0, 0.05) is 6.54 Å². The summed E-state index contributed by atoms with van der Waals surface area (Å²) in [6.07, 6.45) is 3.16. The second-order valence-corrected chi connectivity index (χ2v) is 5.07. The summed E-state index contributed by atoms with van der Waals surface area (Å²) >= 11 is 0. The molecule has 0 atom stereocenters. The Morgan fingerprint density at radius 3 is 2.76 bits per heavy atom. The molecule has 0 saturated carbocycles. The van der Waals surface area contributed by atoms with Crippen LogP contribution in [-0.4, -0.2) is 17.4 Å². The van der Waals surface area contributed by atoms with E-state index < -0.39 is 0 Å². The van der Waals surface area contributed by atoms with Gasteiger partial charge >= 0.3 is 0 Å². The van der Waals surface area contributed by atoms with Crippen LogP contribution < -0.4 is 10.6 Å². The minimum atomic E-state index is -0.0534. The molecule has 0 fully saturated rings. The Hall–Kier alpha value is -2.36. The summed E-state index contributed by atoms with van der Waals surface area (Å²) in [5.74, 6) is 0.525. The van der Waals surface area contributed by atoms with E-state index >= 15 is 0 Å². The maximum atomic E-state index is 12.0. The van der Waals surface area contributed by atoms with Crippen molar-refractivity contribution in [2.45, 2.75) is 26.7 Å². The number of carbonyl (C=O) groups is 1. The third kappa shape index (κ3) is 4.91. The van der Waals surface area contributed by atoms with Gasteiger partial charge in [-0.2, -0.15) is 0 Å². The number of amides is 1. The topological polar surface area (TPSA) is 54.0 Å². The van der Waals surface area contributed by atoms with Crippen molar-refractivity contribution in [1.82, 2.24) is 4.98 Å². The molecular weight excluding hydrogens is 262 g/mol. The number of hydrogen-bond donors (Lipinski definition) is 2. The number of nitrogens with zero attached hydrogens (tertiary/aromatic N) is 1. The molecule has 4 nitrogen and oxygen atoms in total. The van der Waals surface area contributed by atoms with Crippen molar-refractivity contribution in [3.05, 3.63) is 53.7 Å². The van der Waals surface area contributed by atoms with E-state index in [-0.39, 0.29) is 5.91 Å². The molecule has 0 bridgehead atoms. The number of aryl methyl sites for hydroxylation is 1. The SMILES string of the molecule is CCCNc1ccc(NC(=O)Cc2cccc(C)c2)nc1. The molecule has 0 aliphatic carbocycles. The number of benzene rings is 1. The van der Waals surface area contributed by atoms with Gasteiger partial charge in [-0.15, -0.1) is 0 Å². The van der Waals surface area contributed by atoms with Gasteiger partial charge < -0.3 is 10.6 Å². The smallest absolute Gasteiger partial charge is 0.229 e. The van der Waals surface area contributed by atoms with Crippen molar-refractivity contribution < 1.29 is 4.79 Å². The van der Waals surface area contributed by atoms with E-state index in [2.05, 4.69) is 22.5 Å². The first-order valence-electron chi connectivity index (χ1n) is 7.22. The van der Waals surface area contributed by atoms with Crippen LogP contribution in [0.15, 0.2) is 42.6 Å². The number of pyridine rings is 1. The zero-order chi connectivity index (χ0) is 15.1. The molecule has 21 heavy (non-hydrogen) atoms. The van der Waals surface area contributed by atoms with Crippen LogP contribution in [0.1, 0.15) is 24.5 Å². The highest BCUT2D eigenvalue weighted by molar-refractivity contribution is 5.91. The largest absolute Gasteiger partial charge is 0.384 e. The predicted molar refractivity (Wildman–Crippen MR) is 86.5 cm³/mol. The quantitative estimate of drug-likeness (QED) is 0.854. The lowest BCUT2D eigenvalue weighted by atomic mass is 10.1. The molecule has 1 heterocycles. The molecule has 1 aromatic heterocycles. The fourth-order valence-corrected chi connectivity index (χ4v) is 2.04. The Morgan fingerprint density at radius 2 is 2.10 bits per heavy atom. The molecule has 2 N–H and O–H groups in total. The zero-order valence-electron chi connectivity index (χ0n) is 12.5. The molecule has 1 amide bonds. The lowest BCUT2D eigenvalue weighted by molar-refractivity contribution is -0.115. The van der Waals surface area contributed by atoms with E-state index in [1.807, 2.05) is 43.3 Å². The molecule has 0 aliphatic heterocycles. The van der Waals surface area contributed by atoms with Gasteiger partial charge in [0.1, 0.15) is 5.82 Å². The monoisotopic (exact) mass is 283 g/mol. The second kappa shape index (κ2) is 7.43. The molecule has 2 aromatic rings. The molecule has 110 valence electrons. The van der Waals surface area contributed by atoms with Crippen LogP contribution in [0, 0.1) is 6.92 Å². The molecule has 0 aliphatic rings. The van der Waals surface area contributed by atoms with Crippen molar-refractivity contribution in [2.75, 3.05) is 17.2 Å². The predicted octanol–water partition coefficient (Wildman–Crippen LogP) is 3.39. The van der Waals surface area contributed by atoms with E-state index in [9.17, 15) is 4.79 Å². The van der Waals surface area contributed by atoms with Crippen molar-refractivity contribution in [3.63, 3.8) is 0 Å². The van der Waals surface area contributed by atoms with Gasteiger partial charge in [0.2, 0.25) is 5.91 Å². The normalized spacial score (nSPS) is 10.2. The second-order valence-electron chi connectivity index (χ2n) is 5.07. The molecule has 4 heteroatoms. The van der Waals surface area contributed by atoms with Crippen LogP contribution in [-0.2, 0) is 11.2 Å². The number of hydrogen-bond acceptors (Lipinski definition) is 3. The van der Waals surface area contributed by atoms with Crippen molar-refractivity contribution in [2.24, 2.45) is 0 Å². The van der Waals surface area contributed by atoms with Gasteiger partial charge in [-0.05, 0) is 31.0 Å². The first kappa shape index (κ1) is 15.0. The van der Waals surface area contributed by atoms with Crippen LogP contribution in [0.2, 0.25) is 0 Å². The van der Waals surface area contributed by atoms with Crippen LogP contribution in [0.25, 0.3) is 0 Å². The number of nitrogens with one attached hydrogen (secondary N) is 2. The van der Waals surface area contributed by atoms with E-state index in [1.54, 1.807) is 6.20 Å². The van der Waals surface area contributed by atoms with Crippen molar-refractivity contribution in [3.8, 4) is 0 Å². The number of rotatable bonds is 6. The molecule has 0 unspecified atom stereocenters. The van der Waals surface area contributed by atoms with Gasteiger partial charge in [0.05, 0.1) is 18.3 Å². The van der Waals surface area contributed by atoms with E-state index in [0.29, 0.717) is 12.2 Å². The average molecular weight is 283 g/mol. The highest BCUT2D eigenvalue weighted by atomic mass is 16.1. The Bertz CT molecular complexity index is 593. The van der Waals surface area contributed by atoms with Gasteiger partial charge in [0.25, 0.3) is 0 Å². The third-order valence-electron chi connectivity index (χ3n) is 3.06. The van der Waals surface area contributed by atoms with E-state index in [4.69, 9.17) is 0 Å². The van der Waals surface area contributed by atoms with Gasteiger partial charge in [0.15, 0.2) is 0 Å². The van der Waals surface area contributed by atoms with E-state index in [1.165, 1.54) is 0 Å². The summed E-state index contributed by atoms with van der Waals surface area (Å²) in [5.41, 5.74) is 3.13. The molecule has 0 radical (unpaired) electrons. The van der Waals surface area contributed by atoms with Crippen LogP contribution in [0.5, 0.6) is 0 Å². The lowest BCUT2D eigenvalue weighted by Crippen LogP contribution is -2.15. The van der Waals surface area contributed by atoms with Crippen LogP contribution in [0.4, 0.5) is 11.5 Å². The Balaban J connectivity index is 1.90. The maximum Gasteiger partial charge on any atom is 0.229 e. The highest BCUT2D eigenvalue weighted by Gasteiger charge is 2.05. The Labute approximate surface area is 125 Å². The standard InChI is InChI=1S/C17H21N3O/c1-3-9-18-15-7-8-16(19-12-15)20-17(21)11-14-6-4-5-13(2)10-14/h4-8,10,12,18H,3,9,11H2,1-2H3,(H,19,20,21). The molecule has 1 aromatic carbocycles. The lowest BCUT2D eigenvalue weighted by Gasteiger charge is -2.07. The van der Waals surface area contributed by atoms with E-state index in [0.717, 1.165) is 29.8 Å². The number of anilines is 2. The average Bonchev–Trinajstić information content (AvgIpc) is 2.46. The van der Waals surface area contributed by atoms with Crippen molar-refractivity contribution in [1.29, 1.82) is 0 Å².